The SMILES string of the molecule is C/C=C/CCC(=O)N1CCC(c2nc(C(=O)Nc3ccccc3N3CCOCC3)cs2)CC1. The molecule has 7 nitrogen and oxygen atoms in total. The fourth-order valence-corrected chi connectivity index (χ4v) is 5.30. The number of morpholine rings is 1. The molecule has 2 saturated heterocycles. The highest BCUT2D eigenvalue weighted by Crippen LogP contribution is 2.31. The fourth-order valence-electron chi connectivity index (χ4n) is 4.33. The number of ether oxygens (including phenoxy) is 1. The molecule has 2 aromatic rings. The normalized spacial score (nSPS) is 17.5. The van der Waals surface area contributed by atoms with Crippen molar-refractivity contribution in [2.75, 3.05) is 49.6 Å². The molecule has 1 aromatic heterocycles. The zero-order chi connectivity index (χ0) is 23.0. The van der Waals surface area contributed by atoms with Gasteiger partial charge in [-0.05, 0) is 38.3 Å². The van der Waals surface area contributed by atoms with E-state index in [1.165, 1.54) is 0 Å². The molecule has 33 heavy (non-hydrogen) atoms. The first-order chi connectivity index (χ1) is 16.2. The third kappa shape index (κ3) is 6.00. The molecule has 176 valence electrons. The molecule has 0 atom stereocenters. The van der Waals surface area contributed by atoms with E-state index in [0.29, 0.717) is 31.2 Å². The molecule has 0 saturated carbocycles. The summed E-state index contributed by atoms with van der Waals surface area (Å²) in [7, 11) is 0. The van der Waals surface area contributed by atoms with E-state index in [9.17, 15) is 9.59 Å². The van der Waals surface area contributed by atoms with Gasteiger partial charge in [0.2, 0.25) is 5.91 Å². The van der Waals surface area contributed by atoms with Gasteiger partial charge in [0.1, 0.15) is 5.69 Å². The van der Waals surface area contributed by atoms with Crippen LogP contribution in [0.5, 0.6) is 0 Å². The Bertz CT molecular complexity index is 976. The number of carbonyl (C=O) groups is 2. The van der Waals surface area contributed by atoms with Crippen LogP contribution in [0.4, 0.5) is 11.4 Å². The number of likely N-dealkylation sites (tertiary alicyclic amines) is 1. The van der Waals surface area contributed by atoms with Crippen LogP contribution in [-0.2, 0) is 9.53 Å². The number of benzene rings is 1. The number of aromatic nitrogens is 1. The lowest BCUT2D eigenvalue weighted by molar-refractivity contribution is -0.132. The number of thiazole rings is 1. The number of carbonyl (C=O) groups excluding carboxylic acids is 2. The topological polar surface area (TPSA) is 74.8 Å². The van der Waals surface area contributed by atoms with Gasteiger partial charge in [0.05, 0.1) is 29.6 Å². The average Bonchev–Trinajstić information content (AvgIpc) is 3.36. The second-order valence-electron chi connectivity index (χ2n) is 8.40. The lowest BCUT2D eigenvalue weighted by Crippen LogP contribution is -2.37. The van der Waals surface area contributed by atoms with E-state index in [1.54, 1.807) is 11.3 Å². The summed E-state index contributed by atoms with van der Waals surface area (Å²) >= 11 is 1.54. The van der Waals surface area contributed by atoms with Gasteiger partial charge in [-0.1, -0.05) is 24.3 Å². The van der Waals surface area contributed by atoms with Crippen molar-refractivity contribution >= 4 is 34.5 Å². The molecular formula is C25H32N4O3S. The van der Waals surface area contributed by atoms with E-state index < -0.39 is 0 Å². The summed E-state index contributed by atoms with van der Waals surface area (Å²) in [5.74, 6) is 0.344. The van der Waals surface area contributed by atoms with E-state index in [4.69, 9.17) is 4.74 Å². The van der Waals surface area contributed by atoms with Crippen molar-refractivity contribution < 1.29 is 14.3 Å². The van der Waals surface area contributed by atoms with Crippen LogP contribution in [0.3, 0.4) is 0 Å². The number of allylic oxidation sites excluding steroid dienone is 2. The zero-order valence-corrected chi connectivity index (χ0v) is 20.0. The van der Waals surface area contributed by atoms with Gasteiger partial charge < -0.3 is 19.9 Å². The monoisotopic (exact) mass is 468 g/mol. The number of hydrogen-bond donors (Lipinski definition) is 1. The smallest absolute Gasteiger partial charge is 0.275 e. The summed E-state index contributed by atoms with van der Waals surface area (Å²) in [5.41, 5.74) is 2.26. The maximum absolute atomic E-state index is 12.9. The number of piperidine rings is 1. The first kappa shape index (κ1) is 23.4. The molecule has 2 aliphatic heterocycles. The highest BCUT2D eigenvalue weighted by Gasteiger charge is 2.26. The van der Waals surface area contributed by atoms with Crippen LogP contribution in [0, 0.1) is 0 Å². The Morgan fingerprint density at radius 2 is 1.94 bits per heavy atom. The molecule has 0 spiro atoms. The Balaban J connectivity index is 1.34. The van der Waals surface area contributed by atoms with Crippen LogP contribution < -0.4 is 10.2 Å². The number of hydrogen-bond acceptors (Lipinski definition) is 6. The van der Waals surface area contributed by atoms with E-state index in [2.05, 4.69) is 15.2 Å². The molecule has 8 heteroatoms. The minimum absolute atomic E-state index is 0.185. The molecule has 1 aromatic carbocycles. The van der Waals surface area contributed by atoms with Gasteiger partial charge in [0.25, 0.3) is 5.91 Å². The average molecular weight is 469 g/mol. The zero-order valence-electron chi connectivity index (χ0n) is 19.2. The van der Waals surface area contributed by atoms with Crippen LogP contribution >= 0.6 is 11.3 Å². The van der Waals surface area contributed by atoms with Gasteiger partial charge in [-0.15, -0.1) is 11.3 Å². The molecule has 0 aliphatic carbocycles. The van der Waals surface area contributed by atoms with Crippen LogP contribution in [-0.4, -0.2) is 61.1 Å². The molecular weight excluding hydrogens is 436 g/mol. The van der Waals surface area contributed by atoms with Gasteiger partial charge in [0.15, 0.2) is 0 Å². The first-order valence-electron chi connectivity index (χ1n) is 11.7. The second kappa shape index (κ2) is 11.4. The van der Waals surface area contributed by atoms with E-state index in [0.717, 1.165) is 61.8 Å². The van der Waals surface area contributed by atoms with Crippen molar-refractivity contribution in [3.05, 3.63) is 52.5 Å². The molecule has 4 rings (SSSR count). The molecule has 1 N–H and O–H groups in total. The number of nitrogens with one attached hydrogen (secondary N) is 1. The molecule has 0 radical (unpaired) electrons. The summed E-state index contributed by atoms with van der Waals surface area (Å²) in [6.45, 7) is 6.49. The first-order valence-corrected chi connectivity index (χ1v) is 12.6. The fraction of sp³-hybridized carbons (Fsp3) is 0.480. The molecule has 0 unspecified atom stereocenters. The maximum atomic E-state index is 12.9. The standard InChI is InChI=1S/C25H32N4O3S/c1-2-3-4-9-23(30)29-12-10-19(11-13-29)25-27-21(18-33-25)24(31)26-20-7-5-6-8-22(20)28-14-16-32-17-15-28/h2-3,5-8,18-19H,4,9-17H2,1H3,(H,26,31)/b3-2+. The highest BCUT2D eigenvalue weighted by atomic mass is 32.1. The van der Waals surface area contributed by atoms with Gasteiger partial charge in [-0.25, -0.2) is 4.98 Å². The van der Waals surface area contributed by atoms with Crippen molar-refractivity contribution in [1.82, 2.24) is 9.88 Å². The minimum atomic E-state index is -0.185. The third-order valence-electron chi connectivity index (χ3n) is 6.22. The van der Waals surface area contributed by atoms with E-state index in [-0.39, 0.29) is 11.8 Å². The maximum Gasteiger partial charge on any atom is 0.275 e. The van der Waals surface area contributed by atoms with Crippen molar-refractivity contribution in [1.29, 1.82) is 0 Å². The Kier molecular flexibility index (Phi) is 8.12. The molecule has 3 heterocycles. The summed E-state index contributed by atoms with van der Waals surface area (Å²) in [6.07, 6.45) is 7.17. The van der Waals surface area contributed by atoms with Crippen LogP contribution in [0.2, 0.25) is 0 Å². The van der Waals surface area contributed by atoms with Crippen molar-refractivity contribution in [3.8, 4) is 0 Å². The summed E-state index contributed by atoms with van der Waals surface area (Å²) < 4.78 is 5.45. The van der Waals surface area contributed by atoms with Crippen LogP contribution in [0.1, 0.15) is 54.0 Å². The number of rotatable bonds is 7. The van der Waals surface area contributed by atoms with Crippen molar-refractivity contribution in [2.24, 2.45) is 0 Å². The largest absolute Gasteiger partial charge is 0.378 e. The molecule has 2 fully saturated rings. The number of amides is 2. The quantitative estimate of drug-likeness (QED) is 0.614. The van der Waals surface area contributed by atoms with Gasteiger partial charge >= 0.3 is 0 Å². The van der Waals surface area contributed by atoms with Crippen LogP contribution in [0.15, 0.2) is 41.8 Å². The number of para-hydroxylation sites is 2. The predicted octanol–water partition coefficient (Wildman–Crippen LogP) is 4.29. The minimum Gasteiger partial charge on any atom is -0.378 e. The van der Waals surface area contributed by atoms with Gasteiger partial charge in [-0.3, -0.25) is 9.59 Å². The summed E-state index contributed by atoms with van der Waals surface area (Å²) in [5, 5.41) is 5.88. The van der Waals surface area contributed by atoms with Crippen molar-refractivity contribution in [2.45, 2.75) is 38.5 Å². The molecule has 0 bridgehead atoms. The molecule has 2 amide bonds. The van der Waals surface area contributed by atoms with E-state index in [1.807, 2.05) is 53.6 Å². The Labute approximate surface area is 199 Å². The summed E-state index contributed by atoms with van der Waals surface area (Å²) in [4.78, 5) is 34.1. The number of anilines is 2. The Morgan fingerprint density at radius 1 is 1.18 bits per heavy atom. The Morgan fingerprint density at radius 3 is 2.70 bits per heavy atom. The Hall–Kier alpha value is -2.71. The highest BCUT2D eigenvalue weighted by molar-refractivity contribution is 7.10. The van der Waals surface area contributed by atoms with E-state index >= 15 is 0 Å². The van der Waals surface area contributed by atoms with Gasteiger partial charge in [-0.2, -0.15) is 0 Å². The predicted molar refractivity (Wildman–Crippen MR) is 132 cm³/mol. The number of nitrogens with zero attached hydrogens (tertiary/aromatic N) is 3. The van der Waals surface area contributed by atoms with Crippen molar-refractivity contribution in [3.63, 3.8) is 0 Å². The summed E-state index contributed by atoms with van der Waals surface area (Å²) in [6, 6.07) is 7.87. The molecule has 2 aliphatic rings. The van der Waals surface area contributed by atoms with Crippen LogP contribution in [0.25, 0.3) is 0 Å². The third-order valence-corrected chi connectivity index (χ3v) is 7.22. The lowest BCUT2D eigenvalue weighted by Gasteiger charge is -2.31. The lowest BCUT2D eigenvalue weighted by atomic mass is 9.97. The second-order valence-corrected chi connectivity index (χ2v) is 9.29. The van der Waals surface area contributed by atoms with Gasteiger partial charge in [0, 0.05) is 43.9 Å².